The van der Waals surface area contributed by atoms with Crippen molar-refractivity contribution < 1.29 is 0 Å². The zero-order valence-electron chi connectivity index (χ0n) is 13.0. The Hall–Kier alpha value is -0.820. The van der Waals surface area contributed by atoms with Gasteiger partial charge < -0.3 is 5.73 Å². The van der Waals surface area contributed by atoms with Crippen LogP contribution in [-0.4, -0.2) is 6.54 Å². The van der Waals surface area contributed by atoms with Crippen LogP contribution in [0.4, 0.5) is 0 Å². The Kier molecular flexibility index (Phi) is 2.50. The number of hydrogen-bond acceptors (Lipinski definition) is 1. The highest BCUT2D eigenvalue weighted by atomic mass is 14.9. The molecule has 0 amide bonds. The van der Waals surface area contributed by atoms with Crippen LogP contribution in [0.5, 0.6) is 0 Å². The summed E-state index contributed by atoms with van der Waals surface area (Å²) in [7, 11) is 0. The molecule has 20 heavy (non-hydrogen) atoms. The van der Waals surface area contributed by atoms with Gasteiger partial charge in [0.2, 0.25) is 0 Å². The fourth-order valence-corrected chi connectivity index (χ4v) is 6.46. The molecule has 0 saturated heterocycles. The third-order valence-corrected chi connectivity index (χ3v) is 7.32. The maximum absolute atomic E-state index is 5.83. The van der Waals surface area contributed by atoms with E-state index in [-0.39, 0.29) is 0 Å². The highest BCUT2D eigenvalue weighted by Gasteiger charge is 2.86. The second kappa shape index (κ2) is 3.88. The maximum Gasteiger partial charge on any atom is 0.00803 e. The molecule has 1 nitrogen and oxygen atoms in total. The summed E-state index contributed by atoms with van der Waals surface area (Å²) in [6.45, 7) is 5.71. The quantitative estimate of drug-likeness (QED) is 0.879. The first-order valence-corrected chi connectivity index (χ1v) is 8.47. The van der Waals surface area contributed by atoms with Gasteiger partial charge in [-0.15, -0.1) is 0 Å². The van der Waals surface area contributed by atoms with Crippen molar-refractivity contribution in [1.82, 2.24) is 0 Å². The summed E-state index contributed by atoms with van der Waals surface area (Å²) >= 11 is 0. The molecule has 4 rings (SSSR count). The van der Waals surface area contributed by atoms with Gasteiger partial charge in [-0.05, 0) is 72.6 Å². The summed E-state index contributed by atoms with van der Waals surface area (Å²) < 4.78 is 0. The van der Waals surface area contributed by atoms with Crippen molar-refractivity contribution in [2.45, 2.75) is 64.2 Å². The zero-order chi connectivity index (χ0) is 14.0. The largest absolute Gasteiger partial charge is 0.330 e. The van der Waals surface area contributed by atoms with Gasteiger partial charge in [0.25, 0.3) is 0 Å². The van der Waals surface area contributed by atoms with E-state index < -0.39 is 0 Å². The van der Waals surface area contributed by atoms with Crippen molar-refractivity contribution >= 4 is 0 Å². The molecule has 0 heterocycles. The topological polar surface area (TPSA) is 26.0 Å². The summed E-state index contributed by atoms with van der Waals surface area (Å²) in [5.41, 5.74) is 12.4. The van der Waals surface area contributed by atoms with E-state index in [0.29, 0.717) is 16.2 Å². The lowest BCUT2D eigenvalue weighted by atomic mass is 9.82. The van der Waals surface area contributed by atoms with Gasteiger partial charge in [0.05, 0.1) is 0 Å². The third-order valence-electron chi connectivity index (χ3n) is 7.32. The molecule has 0 radical (unpaired) electrons. The van der Waals surface area contributed by atoms with Crippen LogP contribution in [0.25, 0.3) is 0 Å². The van der Waals surface area contributed by atoms with Gasteiger partial charge >= 0.3 is 0 Å². The molecular formula is C19H27N. The summed E-state index contributed by atoms with van der Waals surface area (Å²) in [5, 5.41) is 0. The van der Waals surface area contributed by atoms with Crippen molar-refractivity contribution in [3.05, 3.63) is 34.9 Å². The molecule has 108 valence electrons. The van der Waals surface area contributed by atoms with Crippen LogP contribution in [0.1, 0.15) is 62.6 Å². The van der Waals surface area contributed by atoms with E-state index in [9.17, 15) is 0 Å². The van der Waals surface area contributed by atoms with E-state index in [1.165, 1.54) is 44.1 Å². The van der Waals surface area contributed by atoms with Crippen LogP contribution < -0.4 is 5.73 Å². The van der Waals surface area contributed by atoms with Gasteiger partial charge in [0.15, 0.2) is 0 Å². The minimum absolute atomic E-state index is 0.523. The summed E-state index contributed by atoms with van der Waals surface area (Å²) in [4.78, 5) is 0. The van der Waals surface area contributed by atoms with Crippen molar-refractivity contribution in [3.63, 3.8) is 0 Å². The Bertz CT molecular complexity index is 563. The second-order valence-corrected chi connectivity index (χ2v) is 7.59. The number of nitrogens with two attached hydrogens (primary N) is 1. The predicted octanol–water partition coefficient (Wildman–Crippen LogP) is 3.97. The lowest BCUT2D eigenvalue weighted by Crippen LogP contribution is -2.17. The fraction of sp³-hybridized carbons (Fsp3) is 0.684. The molecule has 1 spiro atoms. The third kappa shape index (κ3) is 1.13. The predicted molar refractivity (Wildman–Crippen MR) is 83.9 cm³/mol. The van der Waals surface area contributed by atoms with Crippen LogP contribution in [0, 0.1) is 10.8 Å². The number of benzene rings is 1. The molecule has 1 aromatic carbocycles. The maximum atomic E-state index is 5.83. The molecule has 0 bridgehead atoms. The minimum atomic E-state index is 0.523. The summed E-state index contributed by atoms with van der Waals surface area (Å²) in [6, 6.07) is 7.33. The van der Waals surface area contributed by atoms with E-state index >= 15 is 0 Å². The molecule has 3 aliphatic carbocycles. The van der Waals surface area contributed by atoms with Gasteiger partial charge in [-0.25, -0.2) is 0 Å². The zero-order valence-corrected chi connectivity index (χ0v) is 13.0. The highest BCUT2D eigenvalue weighted by Crippen LogP contribution is 2.90. The molecule has 3 aliphatic rings. The van der Waals surface area contributed by atoms with Crippen LogP contribution in [-0.2, 0) is 18.3 Å². The first-order chi connectivity index (χ1) is 9.65. The number of fused-ring (bicyclic) bond motifs is 2. The number of aryl methyl sites for hydroxylation is 1. The smallest absolute Gasteiger partial charge is 0.00803 e. The molecule has 0 aliphatic heterocycles. The molecule has 2 N–H and O–H groups in total. The molecule has 0 aromatic heterocycles. The molecular weight excluding hydrogens is 242 g/mol. The average Bonchev–Trinajstić information content (AvgIpc) is 2.79. The average molecular weight is 269 g/mol. The van der Waals surface area contributed by atoms with Gasteiger partial charge in [0, 0.05) is 5.41 Å². The Morgan fingerprint density at radius 2 is 2.10 bits per heavy atom. The second-order valence-electron chi connectivity index (χ2n) is 7.59. The Balaban J connectivity index is 1.82. The number of rotatable bonds is 4. The number of hydrogen-bond donors (Lipinski definition) is 1. The molecule has 2 saturated carbocycles. The lowest BCUT2D eigenvalue weighted by Gasteiger charge is -2.22. The molecule has 1 heteroatoms. The standard InChI is InChI=1S/C19H27N/c1-3-14-6-7-15-13-18(9-5-11-20)17(2)8-4-10-19(17,18)16(15)12-14/h6-7,12H,3-5,8-11,13,20H2,1-2H3. The van der Waals surface area contributed by atoms with Gasteiger partial charge in [-0.2, -0.15) is 0 Å². The van der Waals surface area contributed by atoms with Gasteiger partial charge in [-0.1, -0.05) is 38.5 Å². The SMILES string of the molecule is CCc1ccc2c(c1)C13CCCC1(C)C3(CCCN)C2. The normalized spacial score (nSPS) is 40.4. The summed E-state index contributed by atoms with van der Waals surface area (Å²) in [5.74, 6) is 0. The van der Waals surface area contributed by atoms with Crippen molar-refractivity contribution in [2.24, 2.45) is 16.6 Å². The van der Waals surface area contributed by atoms with E-state index in [0.717, 1.165) is 13.0 Å². The van der Waals surface area contributed by atoms with Gasteiger partial charge in [0.1, 0.15) is 0 Å². The van der Waals surface area contributed by atoms with Crippen LogP contribution in [0.3, 0.4) is 0 Å². The first-order valence-electron chi connectivity index (χ1n) is 8.47. The van der Waals surface area contributed by atoms with Crippen LogP contribution in [0.15, 0.2) is 18.2 Å². The van der Waals surface area contributed by atoms with Crippen molar-refractivity contribution in [1.29, 1.82) is 0 Å². The Morgan fingerprint density at radius 3 is 2.85 bits per heavy atom. The lowest BCUT2D eigenvalue weighted by molar-refractivity contribution is 0.297. The fourth-order valence-electron chi connectivity index (χ4n) is 6.46. The molecule has 1 aromatic rings. The Labute approximate surface area is 122 Å². The Morgan fingerprint density at radius 1 is 1.25 bits per heavy atom. The van der Waals surface area contributed by atoms with Crippen LogP contribution >= 0.6 is 0 Å². The first kappa shape index (κ1) is 12.9. The monoisotopic (exact) mass is 269 g/mol. The van der Waals surface area contributed by atoms with E-state index in [2.05, 4.69) is 32.0 Å². The van der Waals surface area contributed by atoms with E-state index in [1.807, 2.05) is 0 Å². The van der Waals surface area contributed by atoms with E-state index in [4.69, 9.17) is 5.73 Å². The molecule has 3 unspecified atom stereocenters. The van der Waals surface area contributed by atoms with Crippen molar-refractivity contribution in [3.8, 4) is 0 Å². The van der Waals surface area contributed by atoms with E-state index in [1.54, 1.807) is 11.1 Å². The highest BCUT2D eigenvalue weighted by molar-refractivity contribution is 5.59. The van der Waals surface area contributed by atoms with Gasteiger partial charge in [-0.3, -0.25) is 0 Å². The van der Waals surface area contributed by atoms with Crippen LogP contribution in [0.2, 0.25) is 0 Å². The summed E-state index contributed by atoms with van der Waals surface area (Å²) in [6.07, 6.45) is 9.32. The van der Waals surface area contributed by atoms with Crippen molar-refractivity contribution in [2.75, 3.05) is 6.54 Å². The molecule has 3 atom stereocenters. The minimum Gasteiger partial charge on any atom is -0.330 e. The molecule has 2 fully saturated rings.